The van der Waals surface area contributed by atoms with Gasteiger partial charge in [0.25, 0.3) is 5.91 Å². The number of aromatic hydroxyl groups is 1. The molecule has 0 saturated carbocycles. The maximum atomic E-state index is 13.2. The first-order valence-corrected chi connectivity index (χ1v) is 8.69. The summed E-state index contributed by atoms with van der Waals surface area (Å²) >= 11 is 0. The number of benzene rings is 2. The Kier molecular flexibility index (Phi) is 4.30. The van der Waals surface area contributed by atoms with Crippen LogP contribution in [0.1, 0.15) is 24.1 Å². The number of anilines is 2. The van der Waals surface area contributed by atoms with Crippen LogP contribution in [0.4, 0.5) is 11.5 Å². The number of hydrogen-bond acceptors (Lipinski definition) is 5. The summed E-state index contributed by atoms with van der Waals surface area (Å²) in [5.41, 5.74) is 2.96. The monoisotopic (exact) mass is 371 g/mol. The number of phenols is 1. The van der Waals surface area contributed by atoms with Crippen LogP contribution in [-0.2, 0) is 4.79 Å². The number of fused-ring (bicyclic) bond motifs is 1. The number of carbonyl (C=O) groups excluding carboxylic acids is 1. The van der Waals surface area contributed by atoms with Gasteiger partial charge in [0.1, 0.15) is 29.2 Å². The zero-order valence-corrected chi connectivity index (χ0v) is 15.0. The summed E-state index contributed by atoms with van der Waals surface area (Å²) in [7, 11) is 0. The average Bonchev–Trinajstić information content (AvgIpc) is 3.10. The molecule has 2 heterocycles. The second-order valence-electron chi connectivity index (χ2n) is 6.44. The van der Waals surface area contributed by atoms with Gasteiger partial charge in [0.05, 0.1) is 11.8 Å². The molecule has 4 rings (SSSR count). The molecule has 138 valence electrons. The highest BCUT2D eigenvalue weighted by atomic mass is 16.3. The fraction of sp³-hybridized carbons (Fsp3) is 0.0952. The topological polar surface area (TPSA) is 103 Å². The number of hydrogen-bond donors (Lipinski definition) is 3. The minimum atomic E-state index is -0.539. The number of amides is 1. The van der Waals surface area contributed by atoms with Crippen molar-refractivity contribution >= 4 is 17.4 Å². The SMILES string of the molecule is CC1=C(C(=O)Nc2ccccc2)C(c2ccc(O)cc2)n2ncc(C#N)c2N1. The first-order valence-electron chi connectivity index (χ1n) is 8.69. The zero-order chi connectivity index (χ0) is 19.7. The van der Waals surface area contributed by atoms with Crippen molar-refractivity contribution < 1.29 is 9.90 Å². The van der Waals surface area contributed by atoms with E-state index < -0.39 is 6.04 Å². The summed E-state index contributed by atoms with van der Waals surface area (Å²) in [5, 5.41) is 29.4. The van der Waals surface area contributed by atoms with E-state index in [2.05, 4.69) is 21.8 Å². The molecule has 1 atom stereocenters. The fourth-order valence-corrected chi connectivity index (χ4v) is 3.32. The Bertz CT molecular complexity index is 1110. The van der Waals surface area contributed by atoms with Crippen molar-refractivity contribution in [1.29, 1.82) is 5.26 Å². The Hall–Kier alpha value is -4.05. The summed E-state index contributed by atoms with van der Waals surface area (Å²) in [6, 6.07) is 17.4. The Morgan fingerprint density at radius 3 is 2.61 bits per heavy atom. The number of phenolic OH excluding ortho intramolecular Hbond substituents is 1. The number of nitriles is 1. The molecule has 28 heavy (non-hydrogen) atoms. The van der Waals surface area contributed by atoms with Crippen LogP contribution in [-0.4, -0.2) is 20.8 Å². The van der Waals surface area contributed by atoms with Crippen molar-refractivity contribution in [2.24, 2.45) is 0 Å². The van der Waals surface area contributed by atoms with Crippen LogP contribution in [0.2, 0.25) is 0 Å². The molecule has 1 unspecified atom stereocenters. The van der Waals surface area contributed by atoms with E-state index in [-0.39, 0.29) is 11.7 Å². The maximum absolute atomic E-state index is 13.2. The van der Waals surface area contributed by atoms with Crippen LogP contribution in [0.5, 0.6) is 5.75 Å². The minimum Gasteiger partial charge on any atom is -0.508 e. The van der Waals surface area contributed by atoms with Gasteiger partial charge in [-0.15, -0.1) is 0 Å². The van der Waals surface area contributed by atoms with Crippen LogP contribution in [0.15, 0.2) is 72.1 Å². The summed E-state index contributed by atoms with van der Waals surface area (Å²) in [4.78, 5) is 13.2. The van der Waals surface area contributed by atoms with E-state index in [9.17, 15) is 15.2 Å². The fourth-order valence-electron chi connectivity index (χ4n) is 3.32. The van der Waals surface area contributed by atoms with Crippen LogP contribution < -0.4 is 10.6 Å². The molecule has 7 heteroatoms. The Balaban J connectivity index is 1.81. The van der Waals surface area contributed by atoms with Crippen LogP contribution in [0.3, 0.4) is 0 Å². The van der Waals surface area contributed by atoms with E-state index in [0.29, 0.717) is 28.3 Å². The summed E-state index contributed by atoms with van der Waals surface area (Å²) < 4.78 is 1.62. The summed E-state index contributed by atoms with van der Waals surface area (Å²) in [5.74, 6) is 0.398. The van der Waals surface area contributed by atoms with E-state index >= 15 is 0 Å². The van der Waals surface area contributed by atoms with Crippen molar-refractivity contribution in [3.63, 3.8) is 0 Å². The molecule has 0 saturated heterocycles. The first kappa shape index (κ1) is 17.4. The zero-order valence-electron chi connectivity index (χ0n) is 15.0. The smallest absolute Gasteiger partial charge is 0.255 e. The molecule has 1 aliphatic rings. The molecule has 1 amide bonds. The largest absolute Gasteiger partial charge is 0.508 e. The van der Waals surface area contributed by atoms with Crippen LogP contribution in [0, 0.1) is 11.3 Å². The Morgan fingerprint density at radius 1 is 1.21 bits per heavy atom. The molecule has 0 radical (unpaired) electrons. The van der Waals surface area contributed by atoms with E-state index in [0.717, 1.165) is 5.56 Å². The summed E-state index contributed by atoms with van der Waals surface area (Å²) in [6.07, 6.45) is 1.47. The lowest BCUT2D eigenvalue weighted by atomic mass is 9.94. The Labute approximate surface area is 161 Å². The summed E-state index contributed by atoms with van der Waals surface area (Å²) in [6.45, 7) is 1.80. The quantitative estimate of drug-likeness (QED) is 0.655. The van der Waals surface area contributed by atoms with Gasteiger partial charge in [-0.1, -0.05) is 30.3 Å². The van der Waals surface area contributed by atoms with Crippen molar-refractivity contribution in [3.05, 3.63) is 83.2 Å². The molecule has 1 aliphatic heterocycles. The molecular formula is C21H17N5O2. The number of nitrogens with one attached hydrogen (secondary N) is 2. The lowest BCUT2D eigenvalue weighted by Gasteiger charge is -2.30. The third kappa shape index (κ3) is 2.97. The number of aromatic nitrogens is 2. The first-order chi connectivity index (χ1) is 13.6. The lowest BCUT2D eigenvalue weighted by molar-refractivity contribution is -0.113. The van der Waals surface area contributed by atoms with Crippen LogP contribution >= 0.6 is 0 Å². The van der Waals surface area contributed by atoms with Gasteiger partial charge in [-0.3, -0.25) is 4.79 Å². The standard InChI is InChI=1S/C21H17N5O2/c1-13-18(21(28)25-16-5-3-2-4-6-16)19(14-7-9-17(27)10-8-14)26-20(24-13)15(11-22)12-23-26/h2-10,12,19,24,27H,1H3,(H,25,28). The van der Waals surface area contributed by atoms with Crippen molar-refractivity contribution in [2.75, 3.05) is 10.6 Å². The van der Waals surface area contributed by atoms with Gasteiger partial charge >= 0.3 is 0 Å². The molecule has 2 aromatic carbocycles. The normalized spacial score (nSPS) is 15.4. The maximum Gasteiger partial charge on any atom is 0.255 e. The van der Waals surface area contributed by atoms with Gasteiger partial charge in [0.15, 0.2) is 0 Å². The van der Waals surface area contributed by atoms with Gasteiger partial charge in [0, 0.05) is 11.4 Å². The highest BCUT2D eigenvalue weighted by Gasteiger charge is 2.34. The third-order valence-electron chi connectivity index (χ3n) is 4.63. The second kappa shape index (κ2) is 6.93. The van der Waals surface area contributed by atoms with E-state index in [1.165, 1.54) is 6.20 Å². The van der Waals surface area contributed by atoms with Gasteiger partial charge in [0.2, 0.25) is 0 Å². The number of nitrogens with zero attached hydrogens (tertiary/aromatic N) is 3. The lowest BCUT2D eigenvalue weighted by Crippen LogP contribution is -2.31. The number of para-hydroxylation sites is 1. The third-order valence-corrected chi connectivity index (χ3v) is 4.63. The predicted molar refractivity (Wildman–Crippen MR) is 105 cm³/mol. The minimum absolute atomic E-state index is 0.132. The van der Waals surface area contributed by atoms with Crippen molar-refractivity contribution in [3.8, 4) is 11.8 Å². The van der Waals surface area contributed by atoms with Gasteiger partial charge in [-0.2, -0.15) is 10.4 Å². The van der Waals surface area contributed by atoms with Crippen LogP contribution in [0.25, 0.3) is 0 Å². The van der Waals surface area contributed by atoms with Gasteiger partial charge < -0.3 is 15.7 Å². The molecular weight excluding hydrogens is 354 g/mol. The molecule has 1 aromatic heterocycles. The van der Waals surface area contributed by atoms with E-state index in [4.69, 9.17) is 0 Å². The molecule has 3 N–H and O–H groups in total. The molecule has 0 fully saturated rings. The number of carbonyl (C=O) groups is 1. The number of allylic oxidation sites excluding steroid dienone is 1. The van der Waals surface area contributed by atoms with Gasteiger partial charge in [-0.05, 0) is 36.8 Å². The molecule has 0 aliphatic carbocycles. The number of rotatable bonds is 3. The molecule has 7 nitrogen and oxygen atoms in total. The second-order valence-corrected chi connectivity index (χ2v) is 6.44. The van der Waals surface area contributed by atoms with Crippen molar-refractivity contribution in [2.45, 2.75) is 13.0 Å². The van der Waals surface area contributed by atoms with Gasteiger partial charge in [-0.25, -0.2) is 4.68 Å². The van der Waals surface area contributed by atoms with E-state index in [1.54, 1.807) is 35.9 Å². The highest BCUT2D eigenvalue weighted by Crippen LogP contribution is 2.37. The average molecular weight is 371 g/mol. The predicted octanol–water partition coefficient (Wildman–Crippen LogP) is 3.39. The Morgan fingerprint density at radius 2 is 1.93 bits per heavy atom. The molecule has 3 aromatic rings. The van der Waals surface area contributed by atoms with E-state index in [1.807, 2.05) is 30.3 Å². The molecule has 0 spiro atoms. The van der Waals surface area contributed by atoms with Crippen molar-refractivity contribution in [1.82, 2.24) is 9.78 Å². The molecule has 0 bridgehead atoms. The highest BCUT2D eigenvalue weighted by molar-refractivity contribution is 6.06.